The van der Waals surface area contributed by atoms with E-state index >= 15 is 0 Å². The van der Waals surface area contributed by atoms with Gasteiger partial charge in [0, 0.05) is 26.2 Å². The molecule has 1 N–H and O–H groups in total. The summed E-state index contributed by atoms with van der Waals surface area (Å²) in [5.74, 6) is 0.852. The zero-order valence-electron chi connectivity index (χ0n) is 11.7. The van der Waals surface area contributed by atoms with Crippen molar-refractivity contribution in [3.05, 3.63) is 0 Å². The maximum absolute atomic E-state index is 5.70. The summed E-state index contributed by atoms with van der Waals surface area (Å²) < 4.78 is 5.70. The van der Waals surface area contributed by atoms with Crippen LogP contribution in [0, 0.1) is 5.92 Å². The predicted octanol–water partition coefficient (Wildman–Crippen LogP) is 2.12. The summed E-state index contributed by atoms with van der Waals surface area (Å²) in [7, 11) is 0. The summed E-state index contributed by atoms with van der Waals surface area (Å²) in [5, 5.41) is 3.44. The normalized spacial score (nSPS) is 17.1. The van der Waals surface area contributed by atoms with Gasteiger partial charge in [0.15, 0.2) is 0 Å². The Morgan fingerprint density at radius 3 is 2.47 bits per heavy atom. The molecule has 102 valence electrons. The lowest BCUT2D eigenvalue weighted by Crippen LogP contribution is -2.33. The third-order valence-corrected chi connectivity index (χ3v) is 3.75. The highest BCUT2D eigenvalue weighted by molar-refractivity contribution is 4.66. The summed E-state index contributed by atoms with van der Waals surface area (Å²) in [4.78, 5) is 2.44. The fraction of sp³-hybridized carbons (Fsp3) is 1.00. The average molecular weight is 242 g/mol. The van der Waals surface area contributed by atoms with Crippen LogP contribution >= 0.6 is 0 Å². The minimum atomic E-state index is 0.852. The van der Waals surface area contributed by atoms with Gasteiger partial charge in [-0.05, 0) is 31.8 Å². The van der Waals surface area contributed by atoms with Gasteiger partial charge in [-0.25, -0.2) is 0 Å². The molecule has 0 spiro atoms. The van der Waals surface area contributed by atoms with Crippen molar-refractivity contribution in [1.29, 1.82) is 0 Å². The molecule has 0 aromatic heterocycles. The topological polar surface area (TPSA) is 24.5 Å². The first-order valence-corrected chi connectivity index (χ1v) is 7.37. The fourth-order valence-corrected chi connectivity index (χ4v) is 2.47. The van der Waals surface area contributed by atoms with Gasteiger partial charge in [0.1, 0.15) is 0 Å². The summed E-state index contributed by atoms with van der Waals surface area (Å²) in [6.07, 6.45) is 5.59. The van der Waals surface area contributed by atoms with Crippen molar-refractivity contribution in [3.8, 4) is 0 Å². The minimum absolute atomic E-state index is 0.852. The van der Waals surface area contributed by atoms with E-state index in [-0.39, 0.29) is 0 Å². The van der Waals surface area contributed by atoms with Crippen LogP contribution in [-0.4, -0.2) is 50.8 Å². The molecule has 3 nitrogen and oxygen atoms in total. The quantitative estimate of drug-likeness (QED) is 0.594. The highest BCUT2D eigenvalue weighted by Crippen LogP contribution is 2.24. The summed E-state index contributed by atoms with van der Waals surface area (Å²) in [6.45, 7) is 11.8. The first kappa shape index (κ1) is 14.9. The van der Waals surface area contributed by atoms with Gasteiger partial charge in [0.25, 0.3) is 0 Å². The van der Waals surface area contributed by atoms with Gasteiger partial charge in [-0.2, -0.15) is 0 Å². The number of hydrogen-bond acceptors (Lipinski definition) is 3. The van der Waals surface area contributed by atoms with Crippen molar-refractivity contribution in [2.75, 3.05) is 45.9 Å². The molecule has 17 heavy (non-hydrogen) atoms. The van der Waals surface area contributed by atoms with Gasteiger partial charge in [0.2, 0.25) is 0 Å². The van der Waals surface area contributed by atoms with Crippen molar-refractivity contribution < 1.29 is 4.74 Å². The van der Waals surface area contributed by atoms with Gasteiger partial charge in [-0.15, -0.1) is 0 Å². The van der Waals surface area contributed by atoms with Crippen molar-refractivity contribution in [1.82, 2.24) is 10.2 Å². The van der Waals surface area contributed by atoms with Crippen LogP contribution < -0.4 is 5.32 Å². The fourth-order valence-electron chi connectivity index (χ4n) is 2.47. The number of rotatable bonds is 10. The van der Waals surface area contributed by atoms with Crippen LogP contribution in [0.1, 0.15) is 39.5 Å². The molecule has 1 aliphatic rings. The number of likely N-dealkylation sites (N-methyl/N-ethyl adjacent to an activating group) is 1. The van der Waals surface area contributed by atoms with Crippen LogP contribution in [0.15, 0.2) is 0 Å². The smallest absolute Gasteiger partial charge is 0.0591 e. The summed E-state index contributed by atoms with van der Waals surface area (Å²) in [5.41, 5.74) is 0. The molecular weight excluding hydrogens is 212 g/mol. The molecule has 0 amide bonds. The standard InChI is InChI=1S/C14H30N2O/c1-3-16(4-2)11-9-15-10-12-17-13-14-7-5-6-8-14/h14-15H,3-13H2,1-2H3. The monoisotopic (exact) mass is 242 g/mol. The zero-order valence-corrected chi connectivity index (χ0v) is 11.7. The average Bonchev–Trinajstić information content (AvgIpc) is 2.86. The molecule has 0 unspecified atom stereocenters. The second-order valence-electron chi connectivity index (χ2n) is 5.00. The Labute approximate surface area is 107 Å². The first-order valence-electron chi connectivity index (χ1n) is 7.37. The van der Waals surface area contributed by atoms with E-state index in [4.69, 9.17) is 4.74 Å². The second-order valence-corrected chi connectivity index (χ2v) is 5.00. The van der Waals surface area contributed by atoms with Crippen LogP contribution in [-0.2, 0) is 4.74 Å². The summed E-state index contributed by atoms with van der Waals surface area (Å²) >= 11 is 0. The zero-order chi connectivity index (χ0) is 12.3. The molecule has 0 aliphatic heterocycles. The Bertz CT molecular complexity index is 160. The Morgan fingerprint density at radius 2 is 1.82 bits per heavy atom. The van der Waals surface area contributed by atoms with Crippen molar-refractivity contribution in [2.24, 2.45) is 5.92 Å². The Hall–Kier alpha value is -0.120. The van der Waals surface area contributed by atoms with E-state index in [0.29, 0.717) is 0 Å². The van der Waals surface area contributed by atoms with E-state index < -0.39 is 0 Å². The van der Waals surface area contributed by atoms with E-state index in [2.05, 4.69) is 24.1 Å². The molecule has 1 fully saturated rings. The molecular formula is C14H30N2O. The van der Waals surface area contributed by atoms with Crippen LogP contribution in [0.5, 0.6) is 0 Å². The Balaban J connectivity index is 1.80. The molecule has 0 aromatic rings. The highest BCUT2D eigenvalue weighted by Gasteiger charge is 2.14. The Kier molecular flexibility index (Phi) is 8.67. The molecule has 1 aliphatic carbocycles. The number of nitrogens with zero attached hydrogens (tertiary/aromatic N) is 1. The highest BCUT2D eigenvalue weighted by atomic mass is 16.5. The number of hydrogen-bond donors (Lipinski definition) is 1. The number of ether oxygens (including phenoxy) is 1. The van der Waals surface area contributed by atoms with E-state index in [0.717, 1.165) is 51.9 Å². The van der Waals surface area contributed by atoms with Crippen LogP contribution in [0.25, 0.3) is 0 Å². The molecule has 0 heterocycles. The molecule has 0 saturated heterocycles. The van der Waals surface area contributed by atoms with Crippen molar-refractivity contribution >= 4 is 0 Å². The molecule has 0 aromatic carbocycles. The Morgan fingerprint density at radius 1 is 1.12 bits per heavy atom. The van der Waals surface area contributed by atoms with Gasteiger partial charge in [-0.3, -0.25) is 0 Å². The lowest BCUT2D eigenvalue weighted by atomic mass is 10.1. The van der Waals surface area contributed by atoms with Crippen molar-refractivity contribution in [3.63, 3.8) is 0 Å². The molecule has 0 bridgehead atoms. The maximum Gasteiger partial charge on any atom is 0.0591 e. The van der Waals surface area contributed by atoms with E-state index in [1.54, 1.807) is 0 Å². The van der Waals surface area contributed by atoms with Gasteiger partial charge in [0.05, 0.1) is 6.61 Å². The third kappa shape index (κ3) is 7.02. The summed E-state index contributed by atoms with van der Waals surface area (Å²) in [6, 6.07) is 0. The first-order chi connectivity index (χ1) is 8.36. The molecule has 0 atom stereocenters. The molecule has 1 rings (SSSR count). The molecule has 3 heteroatoms. The van der Waals surface area contributed by atoms with Gasteiger partial charge < -0.3 is 15.0 Å². The SMILES string of the molecule is CCN(CC)CCNCCOCC1CCCC1. The van der Waals surface area contributed by atoms with Gasteiger partial charge >= 0.3 is 0 Å². The lowest BCUT2D eigenvalue weighted by molar-refractivity contribution is 0.103. The van der Waals surface area contributed by atoms with E-state index in [9.17, 15) is 0 Å². The predicted molar refractivity (Wildman–Crippen MR) is 73.4 cm³/mol. The molecule has 1 saturated carbocycles. The maximum atomic E-state index is 5.70. The lowest BCUT2D eigenvalue weighted by Gasteiger charge is -2.18. The van der Waals surface area contributed by atoms with Gasteiger partial charge in [-0.1, -0.05) is 26.7 Å². The minimum Gasteiger partial charge on any atom is -0.380 e. The van der Waals surface area contributed by atoms with E-state index in [1.165, 1.54) is 25.7 Å². The second kappa shape index (κ2) is 9.86. The van der Waals surface area contributed by atoms with Crippen LogP contribution in [0.4, 0.5) is 0 Å². The molecule has 0 radical (unpaired) electrons. The van der Waals surface area contributed by atoms with Crippen molar-refractivity contribution in [2.45, 2.75) is 39.5 Å². The van der Waals surface area contributed by atoms with E-state index in [1.807, 2.05) is 0 Å². The number of nitrogens with one attached hydrogen (secondary N) is 1. The van der Waals surface area contributed by atoms with Crippen LogP contribution in [0.3, 0.4) is 0 Å². The van der Waals surface area contributed by atoms with Crippen LogP contribution in [0.2, 0.25) is 0 Å². The third-order valence-electron chi connectivity index (χ3n) is 3.75. The largest absolute Gasteiger partial charge is 0.380 e.